The fourth-order valence-corrected chi connectivity index (χ4v) is 3.08. The molecule has 0 bridgehead atoms. The van der Waals surface area contributed by atoms with Crippen molar-refractivity contribution >= 4 is 41.2 Å². The Morgan fingerprint density at radius 1 is 0.636 bits per heavy atom. The number of carboxylic acids is 2. The number of benzene rings is 3. The summed E-state index contributed by atoms with van der Waals surface area (Å²) in [7, 11) is 0. The lowest BCUT2D eigenvalue weighted by Crippen LogP contribution is -2.09. The second kappa shape index (κ2) is 10.3. The SMILES string of the molecule is N#CC(=Cc1ccc(N(c2ccccc2)c2ccc(C=C(C#N)C(=O)O)cc2)cc1)C(=O)O. The van der Waals surface area contributed by atoms with Gasteiger partial charge in [0.05, 0.1) is 0 Å². The van der Waals surface area contributed by atoms with Crippen molar-refractivity contribution in [2.75, 3.05) is 4.90 Å². The molecule has 0 radical (unpaired) electrons. The van der Waals surface area contributed by atoms with E-state index in [0.29, 0.717) is 11.1 Å². The number of para-hydroxylation sites is 1. The Morgan fingerprint density at radius 3 is 1.33 bits per heavy atom. The predicted octanol–water partition coefficient (Wildman–Crippen LogP) is 5.14. The van der Waals surface area contributed by atoms with E-state index in [1.165, 1.54) is 12.2 Å². The molecule has 160 valence electrons. The Kier molecular flexibility index (Phi) is 7.00. The second-order valence-corrected chi connectivity index (χ2v) is 6.80. The van der Waals surface area contributed by atoms with E-state index >= 15 is 0 Å². The van der Waals surface area contributed by atoms with Gasteiger partial charge in [-0.15, -0.1) is 0 Å². The van der Waals surface area contributed by atoms with Crippen molar-refractivity contribution in [2.45, 2.75) is 0 Å². The molecule has 33 heavy (non-hydrogen) atoms. The first-order valence-corrected chi connectivity index (χ1v) is 9.68. The van der Waals surface area contributed by atoms with Gasteiger partial charge < -0.3 is 15.1 Å². The Bertz CT molecular complexity index is 1230. The van der Waals surface area contributed by atoms with Crippen LogP contribution in [0.25, 0.3) is 12.2 Å². The highest BCUT2D eigenvalue weighted by Gasteiger charge is 2.13. The molecule has 3 aromatic carbocycles. The van der Waals surface area contributed by atoms with Gasteiger partial charge in [0.25, 0.3) is 0 Å². The summed E-state index contributed by atoms with van der Waals surface area (Å²) in [6.45, 7) is 0. The quantitative estimate of drug-likeness (QED) is 0.389. The average molecular weight is 435 g/mol. The number of carboxylic acid groups (broad SMARTS) is 2. The second-order valence-electron chi connectivity index (χ2n) is 6.80. The van der Waals surface area contributed by atoms with Gasteiger partial charge in [-0.3, -0.25) is 0 Å². The maximum absolute atomic E-state index is 11.1. The van der Waals surface area contributed by atoms with Gasteiger partial charge in [-0.2, -0.15) is 10.5 Å². The largest absolute Gasteiger partial charge is 0.477 e. The number of nitriles is 2. The summed E-state index contributed by atoms with van der Waals surface area (Å²) in [5.41, 5.74) is 2.88. The normalized spacial score (nSPS) is 11.2. The molecule has 0 fully saturated rings. The molecule has 3 aromatic rings. The predicted molar refractivity (Wildman–Crippen MR) is 124 cm³/mol. The molecule has 0 unspecified atom stereocenters. The van der Waals surface area contributed by atoms with Crippen LogP contribution in [-0.2, 0) is 9.59 Å². The summed E-state index contributed by atoms with van der Waals surface area (Å²) >= 11 is 0. The van der Waals surface area contributed by atoms with Crippen LogP contribution in [0.15, 0.2) is 90.0 Å². The van der Waals surface area contributed by atoms with Crippen molar-refractivity contribution in [3.05, 3.63) is 101 Å². The summed E-state index contributed by atoms with van der Waals surface area (Å²) in [5.74, 6) is -2.58. The number of nitrogens with zero attached hydrogens (tertiary/aromatic N) is 3. The third-order valence-corrected chi connectivity index (χ3v) is 4.64. The standard InChI is InChI=1S/C26H17N3O4/c27-16-20(25(30)31)14-18-6-10-23(11-7-18)29(22-4-2-1-3-5-22)24-12-8-19(9-13-24)15-21(17-28)26(32)33/h1-15H,(H,30,31)(H,32,33). The van der Waals surface area contributed by atoms with Crippen molar-refractivity contribution in [3.8, 4) is 12.1 Å². The lowest BCUT2D eigenvalue weighted by Gasteiger charge is -2.25. The van der Waals surface area contributed by atoms with Crippen molar-refractivity contribution in [2.24, 2.45) is 0 Å². The van der Waals surface area contributed by atoms with Gasteiger partial charge >= 0.3 is 11.9 Å². The zero-order chi connectivity index (χ0) is 23.8. The molecular weight excluding hydrogens is 418 g/mol. The first-order valence-electron chi connectivity index (χ1n) is 9.68. The molecule has 0 aliphatic heterocycles. The van der Waals surface area contributed by atoms with E-state index < -0.39 is 11.9 Å². The number of carbonyl (C=O) groups is 2. The van der Waals surface area contributed by atoms with Gasteiger partial charge in [0.15, 0.2) is 0 Å². The zero-order valence-corrected chi connectivity index (χ0v) is 17.2. The van der Waals surface area contributed by atoms with E-state index in [4.69, 9.17) is 20.7 Å². The van der Waals surface area contributed by atoms with Gasteiger partial charge in [0.2, 0.25) is 0 Å². The Labute approximate surface area is 190 Å². The van der Waals surface area contributed by atoms with E-state index in [1.54, 1.807) is 36.4 Å². The van der Waals surface area contributed by atoms with Crippen LogP contribution in [0, 0.1) is 22.7 Å². The summed E-state index contributed by atoms with van der Waals surface area (Å²) in [6, 6.07) is 27.0. The molecule has 7 heteroatoms. The monoisotopic (exact) mass is 435 g/mol. The topological polar surface area (TPSA) is 125 Å². The molecule has 0 saturated carbocycles. The molecule has 0 aliphatic carbocycles. The van der Waals surface area contributed by atoms with E-state index in [9.17, 15) is 9.59 Å². The molecular formula is C26H17N3O4. The van der Waals surface area contributed by atoms with Gasteiger partial charge in [-0.05, 0) is 59.7 Å². The van der Waals surface area contributed by atoms with Crippen LogP contribution in [0.4, 0.5) is 17.1 Å². The first kappa shape index (κ1) is 22.5. The Hall–Kier alpha value is -5.14. The summed E-state index contributed by atoms with van der Waals surface area (Å²) in [5, 5.41) is 36.0. The van der Waals surface area contributed by atoms with Crippen molar-refractivity contribution in [1.82, 2.24) is 0 Å². The number of hydrogen-bond acceptors (Lipinski definition) is 5. The lowest BCUT2D eigenvalue weighted by molar-refractivity contribution is -0.133. The lowest BCUT2D eigenvalue weighted by atomic mass is 10.1. The first-order chi connectivity index (χ1) is 15.9. The fraction of sp³-hybridized carbons (Fsp3) is 0. The highest BCUT2D eigenvalue weighted by Crippen LogP contribution is 2.34. The summed E-state index contributed by atoms with van der Waals surface area (Å²) in [4.78, 5) is 24.1. The van der Waals surface area contributed by atoms with Gasteiger partial charge in [0, 0.05) is 17.1 Å². The number of rotatable bonds is 7. The van der Waals surface area contributed by atoms with Gasteiger partial charge in [0.1, 0.15) is 23.3 Å². The maximum Gasteiger partial charge on any atom is 0.346 e. The zero-order valence-electron chi connectivity index (χ0n) is 17.2. The molecule has 0 amide bonds. The molecule has 0 saturated heterocycles. The maximum atomic E-state index is 11.1. The third-order valence-electron chi connectivity index (χ3n) is 4.64. The molecule has 0 aromatic heterocycles. The molecule has 3 rings (SSSR count). The van der Waals surface area contributed by atoms with E-state index in [-0.39, 0.29) is 11.1 Å². The summed E-state index contributed by atoms with van der Waals surface area (Å²) in [6.07, 6.45) is 2.60. The highest BCUT2D eigenvalue weighted by atomic mass is 16.4. The third kappa shape index (κ3) is 5.52. The van der Waals surface area contributed by atoms with Crippen molar-refractivity contribution < 1.29 is 19.8 Å². The molecule has 0 atom stereocenters. The molecule has 2 N–H and O–H groups in total. The Balaban J connectivity index is 2.01. The van der Waals surface area contributed by atoms with Crippen LogP contribution in [-0.4, -0.2) is 22.2 Å². The van der Waals surface area contributed by atoms with Crippen molar-refractivity contribution in [3.63, 3.8) is 0 Å². The number of anilines is 3. The molecule has 0 spiro atoms. The molecule has 0 heterocycles. The number of hydrogen-bond donors (Lipinski definition) is 2. The van der Waals surface area contributed by atoms with E-state index in [0.717, 1.165) is 17.1 Å². The minimum Gasteiger partial charge on any atom is -0.477 e. The minimum atomic E-state index is -1.29. The molecule has 7 nitrogen and oxygen atoms in total. The fourth-order valence-electron chi connectivity index (χ4n) is 3.08. The summed E-state index contributed by atoms with van der Waals surface area (Å²) < 4.78 is 0. The van der Waals surface area contributed by atoms with Gasteiger partial charge in [-0.25, -0.2) is 9.59 Å². The highest BCUT2D eigenvalue weighted by molar-refractivity contribution is 5.97. The number of aliphatic carboxylic acids is 2. The minimum absolute atomic E-state index is 0.357. The smallest absolute Gasteiger partial charge is 0.346 e. The van der Waals surface area contributed by atoms with Crippen molar-refractivity contribution in [1.29, 1.82) is 10.5 Å². The molecule has 0 aliphatic rings. The van der Waals surface area contributed by atoms with Crippen LogP contribution in [0.1, 0.15) is 11.1 Å². The van der Waals surface area contributed by atoms with Crippen LogP contribution >= 0.6 is 0 Å². The van der Waals surface area contributed by atoms with Crippen LogP contribution in [0.5, 0.6) is 0 Å². The Morgan fingerprint density at radius 2 is 1.00 bits per heavy atom. The van der Waals surface area contributed by atoms with Crippen LogP contribution in [0.3, 0.4) is 0 Å². The van der Waals surface area contributed by atoms with E-state index in [2.05, 4.69) is 0 Å². The average Bonchev–Trinajstić information content (AvgIpc) is 2.83. The van der Waals surface area contributed by atoms with Gasteiger partial charge in [-0.1, -0.05) is 42.5 Å². The van der Waals surface area contributed by atoms with Crippen LogP contribution in [0.2, 0.25) is 0 Å². The van der Waals surface area contributed by atoms with Crippen LogP contribution < -0.4 is 4.90 Å². The van der Waals surface area contributed by atoms with E-state index in [1.807, 2.05) is 59.5 Å².